The van der Waals surface area contributed by atoms with Gasteiger partial charge in [-0.1, -0.05) is 62.8 Å². The molecule has 0 saturated heterocycles. The number of nitrogens with two attached hydrogens (primary N) is 2. The molecule has 0 atom stereocenters. The molecule has 0 radical (unpaired) electrons. The summed E-state index contributed by atoms with van der Waals surface area (Å²) in [5.41, 5.74) is 15.0. The van der Waals surface area contributed by atoms with Gasteiger partial charge in [0.1, 0.15) is 11.0 Å². The van der Waals surface area contributed by atoms with Gasteiger partial charge < -0.3 is 0 Å². The van der Waals surface area contributed by atoms with Gasteiger partial charge in [0.2, 0.25) is 0 Å². The molecule has 4 rings (SSSR count). The summed E-state index contributed by atoms with van der Waals surface area (Å²) in [6.07, 6.45) is 13.2. The molecule has 2 aromatic carbocycles. The number of hydrogen-bond donors (Lipinski definition) is 2. The molecule has 0 spiro atoms. The Morgan fingerprint density at radius 2 is 0.844 bits per heavy atom. The van der Waals surface area contributed by atoms with Crippen molar-refractivity contribution in [2.75, 3.05) is 11.5 Å². The zero-order chi connectivity index (χ0) is 22.2. The lowest BCUT2D eigenvalue weighted by Gasteiger charge is -2.03. The van der Waals surface area contributed by atoms with Crippen LogP contribution in [0.25, 0.3) is 20.4 Å². The van der Waals surface area contributed by atoms with Crippen molar-refractivity contribution < 1.29 is 9.13 Å². The fourth-order valence-electron chi connectivity index (χ4n) is 4.52. The van der Waals surface area contributed by atoms with E-state index in [9.17, 15) is 0 Å². The van der Waals surface area contributed by atoms with Crippen LogP contribution in [0.4, 0.5) is 10.3 Å². The van der Waals surface area contributed by atoms with Gasteiger partial charge in [0.25, 0.3) is 0 Å². The smallest absolute Gasteiger partial charge is 0.278 e. The molecule has 0 saturated carbocycles. The first kappa shape index (κ1) is 23.0. The van der Waals surface area contributed by atoms with E-state index in [0.29, 0.717) is 0 Å². The molecule has 4 N–H and O–H groups in total. The molecule has 0 amide bonds. The molecular formula is C26H36N4S2+2. The Bertz CT molecular complexity index is 1040. The molecule has 6 heteroatoms. The minimum Gasteiger partial charge on any atom is -0.278 e. The minimum absolute atomic E-state index is 0.930. The Kier molecular flexibility index (Phi) is 8.35. The van der Waals surface area contributed by atoms with Gasteiger partial charge in [-0.15, -0.1) is 0 Å². The molecule has 4 nitrogen and oxygen atoms in total. The molecule has 170 valence electrons. The third kappa shape index (κ3) is 5.78. The number of nitrogens with zero attached hydrogens (tertiary/aromatic N) is 2. The van der Waals surface area contributed by atoms with Crippen molar-refractivity contribution in [2.45, 2.75) is 77.3 Å². The molecule has 2 heterocycles. The Morgan fingerprint density at radius 3 is 1.25 bits per heavy atom. The van der Waals surface area contributed by atoms with Gasteiger partial charge in [0.05, 0.1) is 22.5 Å². The highest BCUT2D eigenvalue weighted by Crippen LogP contribution is 2.23. The van der Waals surface area contributed by atoms with E-state index >= 15 is 0 Å². The lowest BCUT2D eigenvalue weighted by atomic mass is 10.1. The second-order valence-electron chi connectivity index (χ2n) is 8.65. The number of unbranched alkanes of at least 4 members (excludes halogenated alkanes) is 9. The van der Waals surface area contributed by atoms with E-state index in [1.54, 1.807) is 22.7 Å². The predicted octanol–water partition coefficient (Wildman–Crippen LogP) is 6.46. The summed E-state index contributed by atoms with van der Waals surface area (Å²) in [7, 11) is 0. The zero-order valence-electron chi connectivity index (χ0n) is 19.0. The molecule has 0 unspecified atom stereocenters. The summed E-state index contributed by atoms with van der Waals surface area (Å²) in [6.45, 7) is 2.08. The molecule has 32 heavy (non-hydrogen) atoms. The maximum atomic E-state index is 6.22. The summed E-state index contributed by atoms with van der Waals surface area (Å²) < 4.78 is 7.14. The monoisotopic (exact) mass is 468 g/mol. The topological polar surface area (TPSA) is 59.8 Å². The average molecular weight is 469 g/mol. The van der Waals surface area contributed by atoms with Crippen molar-refractivity contribution in [1.29, 1.82) is 0 Å². The summed E-state index contributed by atoms with van der Waals surface area (Å²) in [6, 6.07) is 17.0. The molecule has 0 bridgehead atoms. The molecule has 0 aliphatic heterocycles. The van der Waals surface area contributed by atoms with Crippen molar-refractivity contribution in [2.24, 2.45) is 0 Å². The quantitative estimate of drug-likeness (QED) is 0.175. The SMILES string of the molecule is Nc1sc2ccccc2[n+]1CCCCCCCCCCCC[n+]1c(N)sc2ccccc21. The normalized spacial score (nSPS) is 11.6. The van der Waals surface area contributed by atoms with Gasteiger partial charge in [-0.3, -0.25) is 11.5 Å². The van der Waals surface area contributed by atoms with E-state index in [1.807, 2.05) is 0 Å². The number of benzene rings is 2. The average Bonchev–Trinajstić information content (AvgIpc) is 3.29. The van der Waals surface area contributed by atoms with Crippen LogP contribution in [0.15, 0.2) is 48.5 Å². The zero-order valence-corrected chi connectivity index (χ0v) is 20.6. The van der Waals surface area contributed by atoms with Crippen molar-refractivity contribution >= 4 is 53.4 Å². The van der Waals surface area contributed by atoms with E-state index < -0.39 is 0 Å². The van der Waals surface area contributed by atoms with Crippen LogP contribution in [-0.2, 0) is 13.1 Å². The Labute approximate surface area is 199 Å². The number of aromatic nitrogens is 2. The first-order chi connectivity index (χ1) is 15.7. The van der Waals surface area contributed by atoms with Crippen LogP contribution < -0.4 is 20.6 Å². The third-order valence-electron chi connectivity index (χ3n) is 6.29. The van der Waals surface area contributed by atoms with Crippen molar-refractivity contribution in [3.05, 3.63) is 48.5 Å². The Balaban J connectivity index is 1.03. The molecular weight excluding hydrogens is 432 g/mol. The highest BCUT2D eigenvalue weighted by molar-refractivity contribution is 7.21. The standard InChI is InChI=1S/C26H34N4S2/c27-25-29(21-15-9-11-17-23(21)31-25)19-13-7-5-3-1-2-4-6-8-14-20-30-22-16-10-12-18-24(22)32-26(30)28/h9-12,15-18,27-28H,1-8,13-14,19-20H2/p+2. The summed E-state index contributed by atoms with van der Waals surface area (Å²) in [5.74, 6) is 0. The summed E-state index contributed by atoms with van der Waals surface area (Å²) in [5, 5.41) is 1.86. The van der Waals surface area contributed by atoms with E-state index in [4.69, 9.17) is 11.5 Å². The Morgan fingerprint density at radius 1 is 0.500 bits per heavy atom. The van der Waals surface area contributed by atoms with Crippen molar-refractivity contribution in [3.63, 3.8) is 0 Å². The van der Waals surface area contributed by atoms with Gasteiger partial charge in [-0.05, 0) is 72.6 Å². The summed E-state index contributed by atoms with van der Waals surface area (Å²) in [4.78, 5) is 0. The van der Waals surface area contributed by atoms with E-state index in [-0.39, 0.29) is 0 Å². The Hall–Kier alpha value is -2.18. The molecule has 2 aromatic heterocycles. The fraction of sp³-hybridized carbons (Fsp3) is 0.462. The first-order valence-electron chi connectivity index (χ1n) is 12.1. The van der Waals surface area contributed by atoms with Crippen LogP contribution in [0.1, 0.15) is 64.2 Å². The van der Waals surface area contributed by atoms with E-state index in [0.717, 1.165) is 23.4 Å². The van der Waals surface area contributed by atoms with Crippen LogP contribution in [0.3, 0.4) is 0 Å². The van der Waals surface area contributed by atoms with Crippen LogP contribution >= 0.6 is 22.7 Å². The largest absolute Gasteiger partial charge is 0.332 e. The number of anilines is 2. The van der Waals surface area contributed by atoms with Gasteiger partial charge in [-0.25, -0.2) is 9.13 Å². The second kappa shape index (κ2) is 11.6. The number of nitrogen functional groups attached to an aromatic ring is 2. The van der Waals surface area contributed by atoms with E-state index in [1.165, 1.54) is 84.6 Å². The van der Waals surface area contributed by atoms with Crippen LogP contribution in [-0.4, -0.2) is 0 Å². The van der Waals surface area contributed by atoms with Crippen LogP contribution in [0.5, 0.6) is 0 Å². The number of para-hydroxylation sites is 2. The van der Waals surface area contributed by atoms with Crippen molar-refractivity contribution in [1.82, 2.24) is 0 Å². The maximum absolute atomic E-state index is 6.22. The maximum Gasteiger partial charge on any atom is 0.332 e. The first-order valence-corrected chi connectivity index (χ1v) is 13.7. The van der Waals surface area contributed by atoms with E-state index in [2.05, 4.69) is 57.7 Å². The van der Waals surface area contributed by atoms with Gasteiger partial charge in [-0.2, -0.15) is 0 Å². The number of fused-ring (bicyclic) bond motifs is 2. The predicted molar refractivity (Wildman–Crippen MR) is 139 cm³/mol. The van der Waals surface area contributed by atoms with Crippen molar-refractivity contribution in [3.8, 4) is 0 Å². The van der Waals surface area contributed by atoms with Gasteiger partial charge in [0.15, 0.2) is 0 Å². The van der Waals surface area contributed by atoms with Crippen LogP contribution in [0.2, 0.25) is 0 Å². The molecule has 0 aliphatic rings. The third-order valence-corrected chi connectivity index (χ3v) is 8.28. The number of rotatable bonds is 13. The van der Waals surface area contributed by atoms with Gasteiger partial charge >= 0.3 is 10.3 Å². The lowest BCUT2D eigenvalue weighted by Crippen LogP contribution is -2.35. The number of thiazole rings is 2. The molecule has 0 aliphatic carbocycles. The van der Waals surface area contributed by atoms with Gasteiger partial charge in [0, 0.05) is 0 Å². The number of aryl methyl sites for hydroxylation is 2. The fourth-order valence-corrected chi connectivity index (χ4v) is 6.43. The molecule has 0 fully saturated rings. The lowest BCUT2D eigenvalue weighted by molar-refractivity contribution is -0.654. The summed E-state index contributed by atoms with van der Waals surface area (Å²) >= 11 is 3.39. The minimum atomic E-state index is 0.930. The molecule has 4 aromatic rings. The second-order valence-corrected chi connectivity index (χ2v) is 10.8. The number of hydrogen-bond acceptors (Lipinski definition) is 4. The van der Waals surface area contributed by atoms with Crippen LogP contribution in [0, 0.1) is 0 Å². The highest BCUT2D eigenvalue weighted by atomic mass is 32.1. The highest BCUT2D eigenvalue weighted by Gasteiger charge is 2.14.